The molecule has 1 aromatic heterocycles. The zero-order chi connectivity index (χ0) is 17.3. The number of amides is 1. The molecule has 24 heavy (non-hydrogen) atoms. The molecule has 130 valence electrons. The van der Waals surface area contributed by atoms with E-state index in [2.05, 4.69) is 55.0 Å². The zero-order valence-corrected chi connectivity index (χ0v) is 15.3. The van der Waals surface area contributed by atoms with E-state index in [1.165, 1.54) is 24.0 Å². The number of piperidine rings is 1. The number of rotatable bonds is 4. The summed E-state index contributed by atoms with van der Waals surface area (Å²) in [5.41, 5.74) is 4.10. The zero-order valence-electron chi connectivity index (χ0n) is 15.3. The van der Waals surface area contributed by atoms with Crippen LogP contribution < -0.4 is 5.32 Å². The smallest absolute Gasteiger partial charge is 0.267 e. The Bertz CT molecular complexity index is 726. The van der Waals surface area contributed by atoms with Gasteiger partial charge in [-0.05, 0) is 75.9 Å². The number of carbonyl (C=O) groups is 1. The Labute approximate surface area is 144 Å². The molecular formula is C20H29N3O. The molecule has 0 saturated carbocycles. The van der Waals surface area contributed by atoms with Gasteiger partial charge in [0.15, 0.2) is 0 Å². The topological polar surface area (TPSA) is 48.1 Å². The number of nitrogens with one attached hydrogen (secondary N) is 2. The van der Waals surface area contributed by atoms with Gasteiger partial charge in [0.25, 0.3) is 5.91 Å². The Morgan fingerprint density at radius 1 is 1.29 bits per heavy atom. The SMILES string of the molecule is Cc1cc(C)c2cc(C(=O)NCC(C)N3CCC(C)CC3)[nH]c2c1. The quantitative estimate of drug-likeness (QED) is 0.901. The molecule has 0 bridgehead atoms. The number of aryl methyl sites for hydroxylation is 2. The minimum atomic E-state index is -0.0134. The largest absolute Gasteiger partial charge is 0.351 e. The van der Waals surface area contributed by atoms with Crippen LogP contribution in [0.25, 0.3) is 10.9 Å². The van der Waals surface area contributed by atoms with Crippen LogP contribution in [0.15, 0.2) is 18.2 Å². The van der Waals surface area contributed by atoms with Crippen LogP contribution in [0.2, 0.25) is 0 Å². The maximum Gasteiger partial charge on any atom is 0.267 e. The number of carbonyl (C=O) groups excluding carboxylic acids is 1. The molecule has 0 spiro atoms. The standard InChI is InChI=1S/C20H29N3O/c1-13-5-7-23(8-6-13)16(4)12-21-20(24)19-11-17-15(3)9-14(2)10-18(17)22-19/h9-11,13,16,22H,5-8,12H2,1-4H3,(H,21,24). The van der Waals surface area contributed by atoms with Gasteiger partial charge < -0.3 is 10.3 Å². The van der Waals surface area contributed by atoms with Crippen LogP contribution in [0, 0.1) is 19.8 Å². The molecule has 1 amide bonds. The van der Waals surface area contributed by atoms with Crippen molar-refractivity contribution in [3.05, 3.63) is 35.0 Å². The number of likely N-dealkylation sites (tertiary alicyclic amines) is 1. The van der Waals surface area contributed by atoms with Crippen molar-refractivity contribution in [1.29, 1.82) is 0 Å². The number of aromatic amines is 1. The third-order valence-corrected chi connectivity index (χ3v) is 5.33. The summed E-state index contributed by atoms with van der Waals surface area (Å²) in [7, 11) is 0. The molecule has 0 radical (unpaired) electrons. The van der Waals surface area contributed by atoms with E-state index in [9.17, 15) is 4.79 Å². The Morgan fingerprint density at radius 3 is 2.71 bits per heavy atom. The van der Waals surface area contributed by atoms with Crippen LogP contribution in [0.5, 0.6) is 0 Å². The molecule has 1 atom stereocenters. The first kappa shape index (κ1) is 17.0. The van der Waals surface area contributed by atoms with Crippen molar-refractivity contribution in [2.24, 2.45) is 5.92 Å². The first-order valence-corrected chi connectivity index (χ1v) is 9.06. The van der Waals surface area contributed by atoms with Crippen molar-refractivity contribution in [2.45, 2.75) is 46.6 Å². The minimum Gasteiger partial charge on any atom is -0.351 e. The normalized spacial score (nSPS) is 18.0. The van der Waals surface area contributed by atoms with E-state index in [4.69, 9.17) is 0 Å². The third-order valence-electron chi connectivity index (χ3n) is 5.33. The van der Waals surface area contributed by atoms with E-state index in [0.29, 0.717) is 18.3 Å². The lowest BCUT2D eigenvalue weighted by Gasteiger charge is -2.34. The average molecular weight is 327 g/mol. The highest BCUT2D eigenvalue weighted by Crippen LogP contribution is 2.21. The van der Waals surface area contributed by atoms with E-state index in [0.717, 1.165) is 29.9 Å². The van der Waals surface area contributed by atoms with Crippen LogP contribution in [-0.4, -0.2) is 41.5 Å². The first-order chi connectivity index (χ1) is 11.4. The van der Waals surface area contributed by atoms with Gasteiger partial charge in [0.05, 0.1) is 0 Å². The van der Waals surface area contributed by atoms with Crippen LogP contribution in [0.3, 0.4) is 0 Å². The van der Waals surface area contributed by atoms with Crippen LogP contribution >= 0.6 is 0 Å². The molecular weight excluding hydrogens is 298 g/mol. The molecule has 1 fully saturated rings. The molecule has 1 aliphatic rings. The monoisotopic (exact) mass is 327 g/mol. The summed E-state index contributed by atoms with van der Waals surface area (Å²) in [5.74, 6) is 0.821. The number of hydrogen-bond donors (Lipinski definition) is 2. The summed E-state index contributed by atoms with van der Waals surface area (Å²) >= 11 is 0. The lowest BCUT2D eigenvalue weighted by atomic mass is 9.98. The molecule has 2 aromatic rings. The van der Waals surface area contributed by atoms with Gasteiger partial charge in [-0.2, -0.15) is 0 Å². The van der Waals surface area contributed by atoms with Gasteiger partial charge in [-0.25, -0.2) is 0 Å². The predicted molar refractivity (Wildman–Crippen MR) is 99.5 cm³/mol. The Kier molecular flexibility index (Phi) is 4.95. The second-order valence-corrected chi connectivity index (χ2v) is 7.50. The van der Waals surface area contributed by atoms with Gasteiger partial charge >= 0.3 is 0 Å². The van der Waals surface area contributed by atoms with Gasteiger partial charge in [0, 0.05) is 23.5 Å². The Balaban J connectivity index is 1.62. The van der Waals surface area contributed by atoms with Gasteiger partial charge in [0.2, 0.25) is 0 Å². The summed E-state index contributed by atoms with van der Waals surface area (Å²) in [6.07, 6.45) is 2.53. The second-order valence-electron chi connectivity index (χ2n) is 7.50. The molecule has 2 N–H and O–H groups in total. The fourth-order valence-electron chi connectivity index (χ4n) is 3.66. The van der Waals surface area contributed by atoms with Crippen LogP contribution in [-0.2, 0) is 0 Å². The van der Waals surface area contributed by atoms with Crippen molar-refractivity contribution in [3.63, 3.8) is 0 Å². The maximum atomic E-state index is 12.5. The first-order valence-electron chi connectivity index (χ1n) is 9.06. The van der Waals surface area contributed by atoms with Crippen LogP contribution in [0.1, 0.15) is 48.3 Å². The average Bonchev–Trinajstić information content (AvgIpc) is 2.97. The third kappa shape index (κ3) is 3.64. The Morgan fingerprint density at radius 2 is 2.00 bits per heavy atom. The molecule has 1 unspecified atom stereocenters. The van der Waals surface area contributed by atoms with E-state index in [1.54, 1.807) is 0 Å². The van der Waals surface area contributed by atoms with Crippen LogP contribution in [0.4, 0.5) is 0 Å². The molecule has 0 aliphatic carbocycles. The van der Waals surface area contributed by atoms with Crippen molar-refractivity contribution >= 4 is 16.8 Å². The lowest BCUT2D eigenvalue weighted by Crippen LogP contribution is -2.45. The van der Waals surface area contributed by atoms with Crippen molar-refractivity contribution in [2.75, 3.05) is 19.6 Å². The second kappa shape index (κ2) is 6.98. The fraction of sp³-hybridized carbons (Fsp3) is 0.550. The summed E-state index contributed by atoms with van der Waals surface area (Å²) in [6, 6.07) is 6.59. The Hall–Kier alpha value is -1.81. The number of fused-ring (bicyclic) bond motifs is 1. The highest BCUT2D eigenvalue weighted by atomic mass is 16.1. The molecule has 2 heterocycles. The number of nitrogens with zero attached hydrogens (tertiary/aromatic N) is 1. The number of hydrogen-bond acceptors (Lipinski definition) is 2. The summed E-state index contributed by atoms with van der Waals surface area (Å²) in [4.78, 5) is 18.2. The molecule has 3 rings (SSSR count). The molecule has 1 aliphatic heterocycles. The van der Waals surface area contributed by atoms with Crippen molar-refractivity contribution in [1.82, 2.24) is 15.2 Å². The van der Waals surface area contributed by atoms with E-state index < -0.39 is 0 Å². The van der Waals surface area contributed by atoms with Gasteiger partial charge in [0.1, 0.15) is 5.69 Å². The number of benzene rings is 1. The summed E-state index contributed by atoms with van der Waals surface area (Å²) in [5, 5.41) is 4.22. The van der Waals surface area contributed by atoms with E-state index in [-0.39, 0.29) is 5.91 Å². The lowest BCUT2D eigenvalue weighted by molar-refractivity contribution is 0.0917. The minimum absolute atomic E-state index is 0.0134. The predicted octanol–water partition coefficient (Wildman–Crippen LogP) is 3.63. The summed E-state index contributed by atoms with van der Waals surface area (Å²) in [6.45, 7) is 11.7. The molecule has 4 heteroatoms. The van der Waals surface area contributed by atoms with Gasteiger partial charge in [-0.15, -0.1) is 0 Å². The van der Waals surface area contributed by atoms with Gasteiger partial charge in [-0.3, -0.25) is 9.69 Å². The highest BCUT2D eigenvalue weighted by Gasteiger charge is 2.21. The number of H-pyrrole nitrogens is 1. The molecule has 4 nitrogen and oxygen atoms in total. The molecule has 1 saturated heterocycles. The maximum absolute atomic E-state index is 12.5. The van der Waals surface area contributed by atoms with Crippen molar-refractivity contribution < 1.29 is 4.79 Å². The molecule has 1 aromatic carbocycles. The van der Waals surface area contributed by atoms with E-state index in [1.807, 2.05) is 6.07 Å². The van der Waals surface area contributed by atoms with E-state index >= 15 is 0 Å². The summed E-state index contributed by atoms with van der Waals surface area (Å²) < 4.78 is 0. The van der Waals surface area contributed by atoms with Gasteiger partial charge in [-0.1, -0.05) is 13.0 Å². The fourth-order valence-corrected chi connectivity index (χ4v) is 3.66. The van der Waals surface area contributed by atoms with Crippen molar-refractivity contribution in [3.8, 4) is 0 Å². The highest BCUT2D eigenvalue weighted by molar-refractivity contribution is 5.99. The number of aromatic nitrogens is 1.